The number of hydrogen-bond donors (Lipinski definition) is 0. The lowest BCUT2D eigenvalue weighted by Crippen LogP contribution is -2.46. The van der Waals surface area contributed by atoms with E-state index in [1.165, 1.54) is 18.4 Å². The molecule has 0 atom stereocenters. The number of allylic oxidation sites excluding steroid dienone is 1. The maximum absolute atomic E-state index is 11.6. The van der Waals surface area contributed by atoms with Crippen LogP contribution in [0, 0.1) is 0 Å². The minimum absolute atomic E-state index is 0.194. The zero-order valence-electron chi connectivity index (χ0n) is 10.9. The number of unbranched alkanes of at least 4 members (excludes halogenated alkanes) is 2. The van der Waals surface area contributed by atoms with Gasteiger partial charge in [0.05, 0.1) is 0 Å². The largest absolute Gasteiger partial charge is 0.444 e. The first-order valence-electron chi connectivity index (χ1n) is 6.08. The molecule has 0 unspecified atom stereocenters. The lowest BCUT2D eigenvalue weighted by Gasteiger charge is -2.35. The van der Waals surface area contributed by atoms with Crippen molar-refractivity contribution in [3.8, 4) is 0 Å². The molecule has 92 valence electrons. The molecule has 3 nitrogen and oxygen atoms in total. The molecule has 1 saturated heterocycles. The summed E-state index contributed by atoms with van der Waals surface area (Å²) in [6.45, 7) is 9.36. The average molecular weight is 225 g/mol. The minimum atomic E-state index is -0.390. The second-order valence-corrected chi connectivity index (χ2v) is 5.34. The number of hydrogen-bond acceptors (Lipinski definition) is 2. The van der Waals surface area contributed by atoms with Gasteiger partial charge in [-0.1, -0.05) is 25.8 Å². The van der Waals surface area contributed by atoms with E-state index in [0.717, 1.165) is 19.5 Å². The number of ether oxygens (including phenoxy) is 1. The third kappa shape index (κ3) is 4.25. The first-order chi connectivity index (χ1) is 7.42. The zero-order chi connectivity index (χ0) is 12.2. The van der Waals surface area contributed by atoms with Crippen molar-refractivity contribution in [2.75, 3.05) is 13.1 Å². The molecule has 1 amide bonds. The molecule has 16 heavy (non-hydrogen) atoms. The highest BCUT2D eigenvalue weighted by atomic mass is 16.6. The molecule has 1 fully saturated rings. The molecule has 3 heteroatoms. The predicted molar refractivity (Wildman–Crippen MR) is 65.4 cm³/mol. The van der Waals surface area contributed by atoms with E-state index in [4.69, 9.17) is 4.74 Å². The Morgan fingerprint density at radius 1 is 1.44 bits per heavy atom. The monoisotopic (exact) mass is 225 g/mol. The summed E-state index contributed by atoms with van der Waals surface area (Å²) >= 11 is 0. The van der Waals surface area contributed by atoms with Crippen LogP contribution in [0.5, 0.6) is 0 Å². The maximum atomic E-state index is 11.6. The van der Waals surface area contributed by atoms with Gasteiger partial charge in [0.15, 0.2) is 0 Å². The van der Waals surface area contributed by atoms with Crippen LogP contribution in [0.3, 0.4) is 0 Å². The molecule has 0 bridgehead atoms. The van der Waals surface area contributed by atoms with Crippen LogP contribution in [0.4, 0.5) is 4.79 Å². The summed E-state index contributed by atoms with van der Waals surface area (Å²) in [6.07, 6.45) is 5.65. The van der Waals surface area contributed by atoms with E-state index >= 15 is 0 Å². The molecule has 1 aliphatic rings. The fourth-order valence-corrected chi connectivity index (χ4v) is 1.54. The van der Waals surface area contributed by atoms with Crippen LogP contribution in [0.15, 0.2) is 11.6 Å². The Bertz CT molecular complexity index is 268. The molecule has 0 aromatic heterocycles. The van der Waals surface area contributed by atoms with E-state index in [2.05, 4.69) is 13.0 Å². The first-order valence-corrected chi connectivity index (χ1v) is 6.08. The van der Waals surface area contributed by atoms with Gasteiger partial charge in [0.25, 0.3) is 0 Å². The van der Waals surface area contributed by atoms with Crippen molar-refractivity contribution in [2.45, 2.75) is 52.6 Å². The highest BCUT2D eigenvalue weighted by molar-refractivity contribution is 5.70. The van der Waals surface area contributed by atoms with Gasteiger partial charge < -0.3 is 9.64 Å². The van der Waals surface area contributed by atoms with Gasteiger partial charge in [0.1, 0.15) is 5.60 Å². The number of carbonyl (C=O) groups is 1. The quantitative estimate of drug-likeness (QED) is 0.544. The van der Waals surface area contributed by atoms with E-state index < -0.39 is 5.60 Å². The fraction of sp³-hybridized carbons (Fsp3) is 0.769. The molecular formula is C13H23NO2. The van der Waals surface area contributed by atoms with Crippen molar-refractivity contribution in [3.05, 3.63) is 11.6 Å². The summed E-state index contributed by atoms with van der Waals surface area (Å²) in [7, 11) is 0. The van der Waals surface area contributed by atoms with Crippen LogP contribution < -0.4 is 0 Å². The summed E-state index contributed by atoms with van der Waals surface area (Å²) in [5.41, 5.74) is 0.970. The van der Waals surface area contributed by atoms with E-state index in [0.29, 0.717) is 0 Å². The molecule has 0 aromatic carbocycles. The Morgan fingerprint density at radius 2 is 2.06 bits per heavy atom. The number of likely N-dealkylation sites (tertiary alicyclic amines) is 1. The highest BCUT2D eigenvalue weighted by Crippen LogP contribution is 2.19. The van der Waals surface area contributed by atoms with Crippen molar-refractivity contribution in [3.63, 3.8) is 0 Å². The number of rotatable bonds is 3. The topological polar surface area (TPSA) is 29.5 Å². The zero-order valence-corrected chi connectivity index (χ0v) is 10.9. The van der Waals surface area contributed by atoms with Crippen molar-refractivity contribution < 1.29 is 9.53 Å². The smallest absolute Gasteiger partial charge is 0.410 e. The maximum Gasteiger partial charge on any atom is 0.410 e. The van der Waals surface area contributed by atoms with Gasteiger partial charge >= 0.3 is 6.09 Å². The van der Waals surface area contributed by atoms with Gasteiger partial charge in [0, 0.05) is 13.1 Å². The van der Waals surface area contributed by atoms with Crippen molar-refractivity contribution in [1.29, 1.82) is 0 Å². The summed E-state index contributed by atoms with van der Waals surface area (Å²) in [5.74, 6) is 0. The van der Waals surface area contributed by atoms with E-state index in [1.807, 2.05) is 20.8 Å². The normalized spacial score (nSPS) is 15.8. The molecule has 0 saturated carbocycles. The second kappa shape index (κ2) is 5.37. The summed E-state index contributed by atoms with van der Waals surface area (Å²) in [4.78, 5) is 13.3. The third-order valence-electron chi connectivity index (χ3n) is 2.43. The van der Waals surface area contributed by atoms with E-state index in [1.54, 1.807) is 4.90 Å². The molecule has 1 rings (SSSR count). The molecule has 0 spiro atoms. The Labute approximate surface area is 98.5 Å². The van der Waals surface area contributed by atoms with Crippen LogP contribution in [0.25, 0.3) is 0 Å². The summed E-state index contributed by atoms with van der Waals surface area (Å²) in [5, 5.41) is 0. The minimum Gasteiger partial charge on any atom is -0.444 e. The fourth-order valence-electron chi connectivity index (χ4n) is 1.54. The Hall–Kier alpha value is -0.990. The van der Waals surface area contributed by atoms with E-state index in [-0.39, 0.29) is 6.09 Å². The Morgan fingerprint density at radius 3 is 2.56 bits per heavy atom. The molecule has 0 radical (unpaired) electrons. The van der Waals surface area contributed by atoms with Gasteiger partial charge in [-0.2, -0.15) is 0 Å². The van der Waals surface area contributed by atoms with Crippen molar-refractivity contribution in [1.82, 2.24) is 4.90 Å². The predicted octanol–water partition coefficient (Wildman–Crippen LogP) is 3.35. The number of nitrogens with zero attached hydrogens (tertiary/aromatic N) is 1. The van der Waals surface area contributed by atoms with Crippen LogP contribution >= 0.6 is 0 Å². The van der Waals surface area contributed by atoms with Crippen molar-refractivity contribution in [2.24, 2.45) is 0 Å². The summed E-state index contributed by atoms with van der Waals surface area (Å²) < 4.78 is 5.28. The van der Waals surface area contributed by atoms with Crippen LogP contribution in [0.2, 0.25) is 0 Å². The molecular weight excluding hydrogens is 202 g/mol. The van der Waals surface area contributed by atoms with Crippen molar-refractivity contribution >= 4 is 6.09 Å². The van der Waals surface area contributed by atoms with Crippen LogP contribution in [-0.2, 0) is 4.74 Å². The lowest BCUT2D eigenvalue weighted by atomic mass is 10.1. The summed E-state index contributed by atoms with van der Waals surface area (Å²) in [6, 6.07) is 0. The van der Waals surface area contributed by atoms with Gasteiger partial charge in [-0.15, -0.1) is 0 Å². The van der Waals surface area contributed by atoms with Crippen LogP contribution in [0.1, 0.15) is 47.0 Å². The standard InChI is InChI=1S/C13H23NO2/c1-5-6-7-8-11-9-14(10-11)12(15)16-13(2,3)4/h8H,5-7,9-10H2,1-4H3. The third-order valence-corrected chi connectivity index (χ3v) is 2.43. The Kier molecular flexibility index (Phi) is 4.39. The number of amides is 1. The number of carbonyl (C=O) groups excluding carboxylic acids is 1. The highest BCUT2D eigenvalue weighted by Gasteiger charge is 2.28. The van der Waals surface area contributed by atoms with E-state index in [9.17, 15) is 4.79 Å². The molecule has 1 heterocycles. The first kappa shape index (κ1) is 13.1. The van der Waals surface area contributed by atoms with Gasteiger partial charge in [-0.25, -0.2) is 4.79 Å². The van der Waals surface area contributed by atoms with Gasteiger partial charge in [-0.3, -0.25) is 0 Å². The Balaban J connectivity index is 2.25. The molecule has 0 aliphatic carbocycles. The second-order valence-electron chi connectivity index (χ2n) is 5.34. The molecule has 0 aromatic rings. The van der Waals surface area contributed by atoms with Gasteiger partial charge in [0.2, 0.25) is 0 Å². The average Bonchev–Trinajstić information content (AvgIpc) is 2.05. The van der Waals surface area contributed by atoms with Gasteiger partial charge in [-0.05, 0) is 32.8 Å². The van der Waals surface area contributed by atoms with Crippen LogP contribution in [-0.4, -0.2) is 29.7 Å². The SMILES string of the molecule is CCCCC=C1CN(C(=O)OC(C)(C)C)C1. The lowest BCUT2D eigenvalue weighted by molar-refractivity contribution is 0.0213. The molecule has 0 N–H and O–H groups in total. The molecule has 1 aliphatic heterocycles.